The van der Waals surface area contributed by atoms with Crippen LogP contribution >= 0.6 is 21.6 Å². The van der Waals surface area contributed by atoms with Gasteiger partial charge in [-0.25, -0.2) is 0 Å². The summed E-state index contributed by atoms with van der Waals surface area (Å²) in [7, 11) is 12.7. The molecule has 4 atom stereocenters. The molecule has 0 fully saturated rings. The molecular formula is C22H32N2S2. The molecule has 2 aromatic rings. The molecule has 26 heavy (non-hydrogen) atoms. The zero-order chi connectivity index (χ0) is 19.1. The van der Waals surface area contributed by atoms with E-state index in [4.69, 9.17) is 0 Å². The lowest BCUT2D eigenvalue weighted by molar-refractivity contribution is 0.307. The first kappa shape index (κ1) is 21.4. The first-order valence-electron chi connectivity index (χ1n) is 9.16. The second kappa shape index (κ2) is 10.4. The molecule has 0 amide bonds. The van der Waals surface area contributed by atoms with Gasteiger partial charge in [0.2, 0.25) is 0 Å². The van der Waals surface area contributed by atoms with Crippen molar-refractivity contribution in [3.8, 4) is 0 Å². The minimum absolute atomic E-state index is 0.428. The Kier molecular flexibility index (Phi) is 8.55. The molecule has 0 spiro atoms. The van der Waals surface area contributed by atoms with E-state index in [1.807, 2.05) is 21.6 Å². The second-order valence-electron chi connectivity index (χ2n) is 7.26. The predicted octanol–water partition coefficient (Wildman–Crippen LogP) is 5.75. The molecule has 0 heterocycles. The van der Waals surface area contributed by atoms with Gasteiger partial charge in [-0.3, -0.25) is 0 Å². The van der Waals surface area contributed by atoms with E-state index in [9.17, 15) is 0 Å². The number of rotatable bonds is 9. The summed E-state index contributed by atoms with van der Waals surface area (Å²) in [5, 5.41) is 0.855. The molecule has 2 nitrogen and oxygen atoms in total. The third kappa shape index (κ3) is 5.78. The molecule has 0 N–H and O–H groups in total. The Labute approximate surface area is 167 Å². The Hall–Kier alpha value is -0.940. The fraction of sp³-hybridized carbons (Fsp3) is 0.455. The standard InChI is InChI=1S/C22H32N2S2/c1-17(23(3)4)21(19-13-9-7-10-14-19)25-26-22(18(2)24(5)6)20-15-11-8-12-16-20/h7-18,21-22H,1-6H3/t17-,18-,21+,22+/m0/s1. The van der Waals surface area contributed by atoms with E-state index in [2.05, 4.69) is 113 Å². The summed E-state index contributed by atoms with van der Waals surface area (Å²) < 4.78 is 0. The Bertz CT molecular complexity index is 574. The van der Waals surface area contributed by atoms with Crippen molar-refractivity contribution in [2.75, 3.05) is 28.2 Å². The second-order valence-corrected chi connectivity index (χ2v) is 9.82. The highest BCUT2D eigenvalue weighted by Gasteiger charge is 2.27. The van der Waals surface area contributed by atoms with Gasteiger partial charge in [0.1, 0.15) is 0 Å². The summed E-state index contributed by atoms with van der Waals surface area (Å²) >= 11 is 0. The van der Waals surface area contributed by atoms with Crippen molar-refractivity contribution in [3.05, 3.63) is 71.8 Å². The molecule has 0 bridgehead atoms. The molecule has 142 valence electrons. The van der Waals surface area contributed by atoms with Crippen molar-refractivity contribution in [1.82, 2.24) is 9.80 Å². The van der Waals surface area contributed by atoms with Gasteiger partial charge in [-0.2, -0.15) is 0 Å². The van der Waals surface area contributed by atoms with Crippen molar-refractivity contribution < 1.29 is 0 Å². The van der Waals surface area contributed by atoms with Crippen LogP contribution in [0.3, 0.4) is 0 Å². The van der Waals surface area contributed by atoms with Gasteiger partial charge in [-0.1, -0.05) is 82.3 Å². The maximum Gasteiger partial charge on any atom is 0.0553 e. The SMILES string of the molecule is C[C@@H]([C@@H](SS[C@@H](c1ccccc1)[C@H](C)N(C)C)c1ccccc1)N(C)C. The molecule has 0 aromatic heterocycles. The number of benzene rings is 2. The molecule has 0 unspecified atom stereocenters. The first-order chi connectivity index (χ1) is 12.4. The van der Waals surface area contributed by atoms with Crippen LogP contribution in [0.1, 0.15) is 35.5 Å². The molecular weight excluding hydrogens is 356 g/mol. The van der Waals surface area contributed by atoms with Gasteiger partial charge >= 0.3 is 0 Å². The Morgan fingerprint density at radius 2 is 0.885 bits per heavy atom. The largest absolute Gasteiger partial charge is 0.305 e. The highest BCUT2D eigenvalue weighted by Crippen LogP contribution is 2.49. The lowest BCUT2D eigenvalue weighted by Gasteiger charge is -2.33. The van der Waals surface area contributed by atoms with Crippen LogP contribution in [0.25, 0.3) is 0 Å². The highest BCUT2D eigenvalue weighted by atomic mass is 33.1. The maximum atomic E-state index is 2.32. The van der Waals surface area contributed by atoms with Crippen LogP contribution in [0.4, 0.5) is 0 Å². The van der Waals surface area contributed by atoms with E-state index in [1.54, 1.807) is 0 Å². The Morgan fingerprint density at radius 1 is 0.577 bits per heavy atom. The smallest absolute Gasteiger partial charge is 0.0553 e. The summed E-state index contributed by atoms with van der Waals surface area (Å²) in [6.45, 7) is 4.64. The quantitative estimate of drug-likeness (QED) is 0.504. The van der Waals surface area contributed by atoms with Crippen LogP contribution in [-0.4, -0.2) is 50.1 Å². The molecule has 0 aliphatic carbocycles. The van der Waals surface area contributed by atoms with Crippen LogP contribution in [-0.2, 0) is 0 Å². The van der Waals surface area contributed by atoms with Gasteiger partial charge in [0.25, 0.3) is 0 Å². The third-order valence-corrected chi connectivity index (χ3v) is 8.46. The monoisotopic (exact) mass is 388 g/mol. The number of hydrogen-bond acceptors (Lipinski definition) is 4. The van der Waals surface area contributed by atoms with Crippen LogP contribution < -0.4 is 0 Å². The minimum Gasteiger partial charge on any atom is -0.305 e. The van der Waals surface area contributed by atoms with Crippen molar-refractivity contribution in [1.29, 1.82) is 0 Å². The van der Waals surface area contributed by atoms with Crippen LogP contribution in [0.5, 0.6) is 0 Å². The molecule has 0 aliphatic heterocycles. The van der Waals surface area contributed by atoms with Crippen molar-refractivity contribution >= 4 is 21.6 Å². The summed E-state index contributed by atoms with van der Waals surface area (Å²) in [5.74, 6) is 0. The normalized spacial score (nSPS) is 16.5. The van der Waals surface area contributed by atoms with Crippen LogP contribution in [0, 0.1) is 0 Å². The fourth-order valence-corrected chi connectivity index (χ4v) is 6.71. The zero-order valence-electron chi connectivity index (χ0n) is 16.8. The maximum absolute atomic E-state index is 2.32. The average molecular weight is 389 g/mol. The van der Waals surface area contributed by atoms with Crippen molar-refractivity contribution in [2.45, 2.75) is 36.4 Å². The lowest BCUT2D eigenvalue weighted by Crippen LogP contribution is -2.31. The lowest BCUT2D eigenvalue weighted by atomic mass is 10.1. The highest BCUT2D eigenvalue weighted by molar-refractivity contribution is 8.76. The van der Waals surface area contributed by atoms with Gasteiger partial charge in [0.15, 0.2) is 0 Å². The van der Waals surface area contributed by atoms with Gasteiger partial charge in [0.05, 0.1) is 10.5 Å². The summed E-state index contributed by atoms with van der Waals surface area (Å²) in [6, 6.07) is 22.7. The first-order valence-corrected chi connectivity index (χ1v) is 11.4. The average Bonchev–Trinajstić information content (AvgIpc) is 2.65. The van der Waals surface area contributed by atoms with Crippen molar-refractivity contribution in [3.63, 3.8) is 0 Å². The molecule has 0 radical (unpaired) electrons. The van der Waals surface area contributed by atoms with Gasteiger partial charge in [-0.05, 0) is 53.2 Å². The van der Waals surface area contributed by atoms with Crippen LogP contribution in [0.15, 0.2) is 60.7 Å². The van der Waals surface area contributed by atoms with Crippen molar-refractivity contribution in [2.24, 2.45) is 0 Å². The van der Waals surface area contributed by atoms with E-state index in [0.29, 0.717) is 22.6 Å². The Balaban J connectivity index is 2.22. The van der Waals surface area contributed by atoms with Crippen LogP contribution in [0.2, 0.25) is 0 Å². The summed E-state index contributed by atoms with van der Waals surface area (Å²) in [4.78, 5) is 4.64. The van der Waals surface area contributed by atoms with Gasteiger partial charge in [-0.15, -0.1) is 0 Å². The molecule has 0 saturated carbocycles. The number of nitrogens with zero attached hydrogens (tertiary/aromatic N) is 2. The van der Waals surface area contributed by atoms with E-state index in [-0.39, 0.29) is 0 Å². The molecule has 2 rings (SSSR count). The molecule has 0 aliphatic rings. The number of hydrogen-bond donors (Lipinski definition) is 0. The van der Waals surface area contributed by atoms with E-state index < -0.39 is 0 Å². The van der Waals surface area contributed by atoms with E-state index >= 15 is 0 Å². The van der Waals surface area contributed by atoms with Gasteiger partial charge < -0.3 is 9.80 Å². The minimum atomic E-state index is 0.428. The number of likely N-dealkylation sites (N-methyl/N-ethyl adjacent to an activating group) is 2. The molecule has 0 saturated heterocycles. The summed E-state index contributed by atoms with van der Waals surface area (Å²) in [5.41, 5.74) is 2.80. The molecule has 2 aromatic carbocycles. The summed E-state index contributed by atoms with van der Waals surface area (Å²) in [6.07, 6.45) is 0. The molecule has 4 heteroatoms. The zero-order valence-corrected chi connectivity index (χ0v) is 18.4. The Morgan fingerprint density at radius 3 is 1.15 bits per heavy atom. The van der Waals surface area contributed by atoms with E-state index in [0.717, 1.165) is 0 Å². The third-order valence-electron chi connectivity index (χ3n) is 5.02. The fourth-order valence-electron chi connectivity index (χ4n) is 2.78. The van der Waals surface area contributed by atoms with Gasteiger partial charge in [0, 0.05) is 12.1 Å². The predicted molar refractivity (Wildman–Crippen MR) is 120 cm³/mol. The van der Waals surface area contributed by atoms with E-state index in [1.165, 1.54) is 11.1 Å². The topological polar surface area (TPSA) is 6.48 Å².